The van der Waals surface area contributed by atoms with Crippen LogP contribution in [0.1, 0.15) is 25.3 Å². The van der Waals surface area contributed by atoms with Crippen molar-refractivity contribution in [2.24, 2.45) is 0 Å². The Labute approximate surface area is 131 Å². The summed E-state index contributed by atoms with van der Waals surface area (Å²) in [6.07, 6.45) is 0.923. The lowest BCUT2D eigenvalue weighted by Gasteiger charge is -2.19. The van der Waals surface area contributed by atoms with Crippen molar-refractivity contribution in [3.8, 4) is 0 Å². The number of hydrogen-bond acceptors (Lipinski definition) is 4. The molecule has 0 radical (unpaired) electrons. The van der Waals surface area contributed by atoms with Gasteiger partial charge in [0.05, 0.1) is 12.4 Å². The molecule has 1 aromatic carbocycles. The number of rotatable bonds is 11. The molecule has 0 aliphatic rings. The minimum absolute atomic E-state index is 0.102. The number of hydrogen-bond donors (Lipinski definition) is 1. The van der Waals surface area contributed by atoms with Crippen molar-refractivity contribution in [3.63, 3.8) is 0 Å². The van der Waals surface area contributed by atoms with E-state index in [0.717, 1.165) is 9.87 Å². The first-order valence-electron chi connectivity index (χ1n) is 7.27. The molecule has 124 valence electrons. The normalized spacial score (nSPS) is 11.7. The second kappa shape index (κ2) is 9.55. The summed E-state index contributed by atoms with van der Waals surface area (Å²) in [5.41, 5.74) is 1.03. The Kier molecular flexibility index (Phi) is 8.08. The van der Waals surface area contributed by atoms with Gasteiger partial charge in [-0.05, 0) is 18.4 Å². The summed E-state index contributed by atoms with van der Waals surface area (Å²) in [6, 6.07) is 9.62. The fraction of sp³-hybridized carbons (Fsp3) is 0.533. The number of carboxylic acid groups (broad SMARTS) is 1. The Morgan fingerprint density at radius 2 is 1.95 bits per heavy atom. The van der Waals surface area contributed by atoms with Crippen LogP contribution in [0.5, 0.6) is 0 Å². The highest BCUT2D eigenvalue weighted by Gasteiger charge is 2.23. The fourth-order valence-corrected chi connectivity index (χ4v) is 3.46. The highest BCUT2D eigenvalue weighted by Crippen LogP contribution is 2.06. The van der Waals surface area contributed by atoms with Crippen molar-refractivity contribution in [1.29, 1.82) is 0 Å². The maximum Gasteiger partial charge on any atom is 0.318 e. The molecule has 0 amide bonds. The van der Waals surface area contributed by atoms with E-state index in [-0.39, 0.29) is 12.3 Å². The van der Waals surface area contributed by atoms with Crippen LogP contribution in [0.2, 0.25) is 0 Å². The maximum absolute atomic E-state index is 12.1. The molecule has 1 N–H and O–H groups in total. The average Bonchev–Trinajstić information content (AvgIpc) is 2.47. The van der Waals surface area contributed by atoms with Crippen molar-refractivity contribution in [1.82, 2.24) is 4.31 Å². The zero-order valence-corrected chi connectivity index (χ0v) is 13.6. The van der Waals surface area contributed by atoms with Crippen LogP contribution in [0.15, 0.2) is 30.3 Å². The molecule has 22 heavy (non-hydrogen) atoms. The Bertz CT molecular complexity index is 544. The first-order valence-corrected chi connectivity index (χ1v) is 8.88. The molecule has 0 aromatic heterocycles. The summed E-state index contributed by atoms with van der Waals surface area (Å²) in [5, 5.41) is 8.78. The van der Waals surface area contributed by atoms with Gasteiger partial charge in [-0.1, -0.05) is 37.3 Å². The van der Waals surface area contributed by atoms with E-state index in [1.165, 1.54) is 0 Å². The summed E-state index contributed by atoms with van der Waals surface area (Å²) in [6.45, 7) is 2.31. The molecule has 0 unspecified atom stereocenters. The minimum atomic E-state index is -3.55. The van der Waals surface area contributed by atoms with Crippen molar-refractivity contribution in [2.75, 3.05) is 25.4 Å². The van der Waals surface area contributed by atoms with E-state index >= 15 is 0 Å². The largest absolute Gasteiger partial charge is 0.480 e. The zero-order valence-electron chi connectivity index (χ0n) is 12.8. The summed E-state index contributed by atoms with van der Waals surface area (Å²) in [7, 11) is -3.55. The quantitative estimate of drug-likeness (QED) is 0.625. The van der Waals surface area contributed by atoms with E-state index < -0.39 is 22.5 Å². The predicted molar refractivity (Wildman–Crippen MR) is 84.0 cm³/mol. The van der Waals surface area contributed by atoms with Gasteiger partial charge in [-0.3, -0.25) is 4.79 Å². The molecule has 0 fully saturated rings. The van der Waals surface area contributed by atoms with Gasteiger partial charge in [-0.15, -0.1) is 0 Å². The van der Waals surface area contributed by atoms with E-state index in [1.54, 1.807) is 0 Å². The average molecular weight is 329 g/mol. The van der Waals surface area contributed by atoms with Crippen molar-refractivity contribution < 1.29 is 23.1 Å². The topological polar surface area (TPSA) is 83.9 Å². The Balaban J connectivity index is 2.36. The second-order valence-electron chi connectivity index (χ2n) is 4.94. The highest BCUT2D eigenvalue weighted by molar-refractivity contribution is 7.89. The zero-order chi connectivity index (χ0) is 16.4. The number of ether oxygens (including phenoxy) is 1. The van der Waals surface area contributed by atoms with Crippen LogP contribution in [0, 0.1) is 0 Å². The lowest BCUT2D eigenvalue weighted by atomic mass is 10.2. The predicted octanol–water partition coefficient (Wildman–Crippen LogP) is 1.72. The number of aliphatic carboxylic acids is 1. The lowest BCUT2D eigenvalue weighted by Crippen LogP contribution is -2.38. The summed E-state index contributed by atoms with van der Waals surface area (Å²) >= 11 is 0. The molecular weight excluding hydrogens is 306 g/mol. The van der Waals surface area contributed by atoms with Gasteiger partial charge in [0.2, 0.25) is 10.0 Å². The molecule has 0 aliphatic heterocycles. The highest BCUT2D eigenvalue weighted by atomic mass is 32.2. The van der Waals surface area contributed by atoms with E-state index in [0.29, 0.717) is 26.1 Å². The molecule has 0 spiro atoms. The number of sulfonamides is 1. The minimum Gasteiger partial charge on any atom is -0.480 e. The third kappa shape index (κ3) is 7.02. The van der Waals surface area contributed by atoms with E-state index in [1.807, 2.05) is 37.3 Å². The van der Waals surface area contributed by atoms with E-state index in [2.05, 4.69) is 0 Å². The number of carbonyl (C=O) groups is 1. The number of carboxylic acids is 1. The van der Waals surface area contributed by atoms with Gasteiger partial charge in [0.25, 0.3) is 0 Å². The summed E-state index contributed by atoms with van der Waals surface area (Å²) < 4.78 is 30.6. The first kappa shape index (κ1) is 18.6. The van der Waals surface area contributed by atoms with Crippen molar-refractivity contribution in [3.05, 3.63) is 35.9 Å². The van der Waals surface area contributed by atoms with Gasteiger partial charge in [0, 0.05) is 13.2 Å². The Hall–Kier alpha value is -1.44. The van der Waals surface area contributed by atoms with Crippen molar-refractivity contribution >= 4 is 16.0 Å². The maximum atomic E-state index is 12.1. The molecule has 1 aromatic rings. The molecule has 0 saturated heterocycles. The van der Waals surface area contributed by atoms with Crippen LogP contribution in [-0.2, 0) is 26.2 Å². The molecule has 0 bridgehead atoms. The number of benzene rings is 1. The van der Waals surface area contributed by atoms with Crippen LogP contribution in [0.4, 0.5) is 0 Å². The molecule has 6 nitrogen and oxygen atoms in total. The van der Waals surface area contributed by atoms with Gasteiger partial charge < -0.3 is 9.84 Å². The molecule has 0 atom stereocenters. The van der Waals surface area contributed by atoms with Crippen LogP contribution < -0.4 is 0 Å². The molecule has 7 heteroatoms. The van der Waals surface area contributed by atoms with Gasteiger partial charge in [-0.25, -0.2) is 8.42 Å². The van der Waals surface area contributed by atoms with Gasteiger partial charge in [-0.2, -0.15) is 4.31 Å². The standard InChI is InChI=1S/C15H23NO5S/c1-2-9-16(12-15(17)18)22(19,20)11-6-10-21-13-14-7-4-3-5-8-14/h3-5,7-8H,2,6,9-13H2,1H3,(H,17,18). The third-order valence-electron chi connectivity index (χ3n) is 2.98. The molecule has 0 saturated carbocycles. The Morgan fingerprint density at radius 1 is 1.27 bits per heavy atom. The lowest BCUT2D eigenvalue weighted by molar-refractivity contribution is -0.137. The first-order chi connectivity index (χ1) is 10.5. The van der Waals surface area contributed by atoms with Gasteiger partial charge >= 0.3 is 5.97 Å². The SMILES string of the molecule is CCCN(CC(=O)O)S(=O)(=O)CCCOCc1ccccc1. The smallest absolute Gasteiger partial charge is 0.318 e. The van der Waals surface area contributed by atoms with Gasteiger partial charge in [0.1, 0.15) is 6.54 Å². The molecule has 0 aliphatic carbocycles. The van der Waals surface area contributed by atoms with Gasteiger partial charge in [0.15, 0.2) is 0 Å². The molecular formula is C15H23NO5S. The van der Waals surface area contributed by atoms with E-state index in [9.17, 15) is 13.2 Å². The second-order valence-corrected chi connectivity index (χ2v) is 7.02. The van der Waals surface area contributed by atoms with Crippen LogP contribution >= 0.6 is 0 Å². The van der Waals surface area contributed by atoms with Crippen LogP contribution in [0.25, 0.3) is 0 Å². The van der Waals surface area contributed by atoms with E-state index in [4.69, 9.17) is 9.84 Å². The molecule has 1 rings (SSSR count). The third-order valence-corrected chi connectivity index (χ3v) is 4.88. The van der Waals surface area contributed by atoms with Crippen LogP contribution in [-0.4, -0.2) is 49.2 Å². The van der Waals surface area contributed by atoms with Crippen LogP contribution in [0.3, 0.4) is 0 Å². The Morgan fingerprint density at radius 3 is 2.55 bits per heavy atom. The summed E-state index contributed by atoms with van der Waals surface area (Å²) in [5.74, 6) is -1.24. The van der Waals surface area contributed by atoms with Crippen molar-refractivity contribution in [2.45, 2.75) is 26.4 Å². The monoisotopic (exact) mass is 329 g/mol. The molecule has 0 heterocycles. The summed E-state index contributed by atoms with van der Waals surface area (Å²) in [4.78, 5) is 10.7. The number of nitrogens with zero attached hydrogens (tertiary/aromatic N) is 1. The fourth-order valence-electron chi connectivity index (χ4n) is 1.95.